The van der Waals surface area contributed by atoms with Crippen LogP contribution in [0.3, 0.4) is 0 Å². The van der Waals surface area contributed by atoms with E-state index < -0.39 is 0 Å². The molecule has 0 spiro atoms. The zero-order valence-corrected chi connectivity index (χ0v) is 12.5. The number of halogens is 1. The molecule has 0 aliphatic heterocycles. The van der Waals surface area contributed by atoms with Crippen LogP contribution in [0, 0.1) is 6.92 Å². The fourth-order valence-corrected chi connectivity index (χ4v) is 1.87. The van der Waals surface area contributed by atoms with E-state index in [0.29, 0.717) is 17.3 Å². The second kappa shape index (κ2) is 8.02. The Bertz CT molecular complexity index is 422. The van der Waals surface area contributed by atoms with Crippen LogP contribution in [0.1, 0.15) is 12.0 Å². The van der Waals surface area contributed by atoms with Crippen LogP contribution >= 0.6 is 11.6 Å². The summed E-state index contributed by atoms with van der Waals surface area (Å²) < 4.78 is 5.46. The van der Waals surface area contributed by atoms with Gasteiger partial charge in [-0.05, 0) is 30.7 Å². The Morgan fingerprint density at radius 1 is 1.42 bits per heavy atom. The Kier molecular flexibility index (Phi) is 6.67. The third-order valence-corrected chi connectivity index (χ3v) is 2.91. The molecule has 5 heteroatoms. The minimum atomic E-state index is -0.0943. The molecule has 0 aliphatic carbocycles. The van der Waals surface area contributed by atoms with Crippen molar-refractivity contribution in [1.29, 1.82) is 0 Å². The number of aryl methyl sites for hydroxylation is 1. The fourth-order valence-electron chi connectivity index (χ4n) is 1.64. The van der Waals surface area contributed by atoms with Crippen molar-refractivity contribution in [2.45, 2.75) is 13.3 Å². The van der Waals surface area contributed by atoms with Gasteiger partial charge in [0.25, 0.3) is 5.91 Å². The number of hydrogen-bond acceptors (Lipinski definition) is 2. The molecule has 0 unspecified atom stereocenters. The van der Waals surface area contributed by atoms with Crippen LogP contribution in [0.4, 0.5) is 0 Å². The van der Waals surface area contributed by atoms with Crippen molar-refractivity contribution in [3.63, 3.8) is 0 Å². The fraction of sp³-hybridized carbons (Fsp3) is 0.500. The molecule has 1 rings (SSSR count). The van der Waals surface area contributed by atoms with Gasteiger partial charge in [-0.15, -0.1) is 0 Å². The summed E-state index contributed by atoms with van der Waals surface area (Å²) in [5.74, 6) is 0.598. The summed E-state index contributed by atoms with van der Waals surface area (Å²) in [6, 6.07) is 5.34. The van der Waals surface area contributed by atoms with Crippen molar-refractivity contribution in [1.82, 2.24) is 5.32 Å². The van der Waals surface area contributed by atoms with E-state index in [0.717, 1.165) is 18.5 Å². The minimum absolute atomic E-state index is 0.0390. The molecule has 0 saturated heterocycles. The van der Waals surface area contributed by atoms with Gasteiger partial charge in [-0.25, -0.2) is 0 Å². The molecule has 19 heavy (non-hydrogen) atoms. The first-order valence-corrected chi connectivity index (χ1v) is 6.81. The van der Waals surface area contributed by atoms with Crippen molar-refractivity contribution >= 4 is 17.5 Å². The molecule has 0 atom stereocenters. The first kappa shape index (κ1) is 15.8. The van der Waals surface area contributed by atoms with Crippen molar-refractivity contribution in [2.24, 2.45) is 0 Å². The lowest BCUT2D eigenvalue weighted by Crippen LogP contribution is -3.05. The first-order valence-electron chi connectivity index (χ1n) is 6.43. The second-order valence-electron chi connectivity index (χ2n) is 4.86. The Balaban J connectivity index is 2.26. The molecule has 0 fully saturated rings. The quantitative estimate of drug-likeness (QED) is 0.724. The zero-order valence-electron chi connectivity index (χ0n) is 11.8. The molecule has 1 aromatic carbocycles. The smallest absolute Gasteiger partial charge is 0.257 e. The second-order valence-corrected chi connectivity index (χ2v) is 5.30. The van der Waals surface area contributed by atoms with Gasteiger partial charge in [0.15, 0.2) is 6.61 Å². The summed E-state index contributed by atoms with van der Waals surface area (Å²) in [5.41, 5.74) is 0.927. The van der Waals surface area contributed by atoms with Crippen LogP contribution in [0.5, 0.6) is 5.75 Å². The van der Waals surface area contributed by atoms with E-state index in [9.17, 15) is 4.79 Å². The average molecular weight is 286 g/mol. The molecule has 106 valence electrons. The maximum Gasteiger partial charge on any atom is 0.257 e. The highest BCUT2D eigenvalue weighted by Gasteiger charge is 2.05. The molecular weight excluding hydrogens is 264 g/mol. The number of nitrogens with one attached hydrogen (secondary N) is 2. The largest absolute Gasteiger partial charge is 0.484 e. The number of amides is 1. The molecular formula is C14H22ClN2O2+. The lowest BCUT2D eigenvalue weighted by molar-refractivity contribution is -0.858. The lowest BCUT2D eigenvalue weighted by Gasteiger charge is -2.10. The zero-order chi connectivity index (χ0) is 14.3. The highest BCUT2D eigenvalue weighted by molar-refractivity contribution is 6.30. The molecule has 1 amide bonds. The van der Waals surface area contributed by atoms with Crippen LogP contribution in [0.25, 0.3) is 0 Å². The van der Waals surface area contributed by atoms with Crippen molar-refractivity contribution in [3.05, 3.63) is 28.8 Å². The summed E-state index contributed by atoms with van der Waals surface area (Å²) in [7, 11) is 4.18. The number of hydrogen-bond donors (Lipinski definition) is 2. The van der Waals surface area contributed by atoms with Crippen molar-refractivity contribution in [2.75, 3.05) is 33.8 Å². The summed E-state index contributed by atoms with van der Waals surface area (Å²) in [4.78, 5) is 12.9. The predicted octanol–water partition coefficient (Wildman–Crippen LogP) is 0.678. The molecule has 0 saturated carbocycles. The van der Waals surface area contributed by atoms with Crippen molar-refractivity contribution in [3.8, 4) is 5.75 Å². The highest BCUT2D eigenvalue weighted by atomic mass is 35.5. The van der Waals surface area contributed by atoms with E-state index in [1.165, 1.54) is 4.90 Å². The van der Waals surface area contributed by atoms with E-state index in [2.05, 4.69) is 19.4 Å². The predicted molar refractivity (Wildman–Crippen MR) is 77.0 cm³/mol. The molecule has 1 aromatic rings. The van der Waals surface area contributed by atoms with Gasteiger partial charge in [0.05, 0.1) is 20.6 Å². The first-order chi connectivity index (χ1) is 8.99. The monoisotopic (exact) mass is 285 g/mol. The summed E-state index contributed by atoms with van der Waals surface area (Å²) >= 11 is 5.85. The standard InChI is InChI=1S/C14H21ClN2O2/c1-11-9-12(15)5-6-13(11)19-10-14(18)16-7-4-8-17(2)3/h5-6,9H,4,7-8,10H2,1-3H3,(H,16,18)/p+1. The normalized spacial score (nSPS) is 10.6. The summed E-state index contributed by atoms with van der Waals surface area (Å²) in [6.45, 7) is 3.67. The van der Waals surface area contributed by atoms with Crippen LogP contribution in [-0.2, 0) is 4.79 Å². The number of quaternary nitrogens is 1. The maximum atomic E-state index is 11.6. The van der Waals surface area contributed by atoms with E-state index in [4.69, 9.17) is 16.3 Å². The number of ether oxygens (including phenoxy) is 1. The third kappa shape index (κ3) is 6.45. The van der Waals surface area contributed by atoms with E-state index in [1.807, 2.05) is 13.0 Å². The SMILES string of the molecule is Cc1cc(Cl)ccc1OCC(=O)NCCC[NH+](C)C. The Hall–Kier alpha value is -1.26. The van der Waals surface area contributed by atoms with Gasteiger partial charge in [-0.2, -0.15) is 0 Å². The number of carbonyl (C=O) groups is 1. The maximum absolute atomic E-state index is 11.6. The number of carbonyl (C=O) groups excluding carboxylic acids is 1. The lowest BCUT2D eigenvalue weighted by atomic mass is 10.2. The van der Waals surface area contributed by atoms with Gasteiger partial charge in [-0.1, -0.05) is 11.6 Å². The van der Waals surface area contributed by atoms with Gasteiger partial charge in [0, 0.05) is 18.0 Å². The highest BCUT2D eigenvalue weighted by Crippen LogP contribution is 2.21. The molecule has 0 radical (unpaired) electrons. The van der Waals surface area contributed by atoms with E-state index in [-0.39, 0.29) is 12.5 Å². The Morgan fingerprint density at radius 2 is 2.16 bits per heavy atom. The van der Waals surface area contributed by atoms with Crippen LogP contribution in [0.15, 0.2) is 18.2 Å². The van der Waals surface area contributed by atoms with Gasteiger partial charge in [0.1, 0.15) is 5.75 Å². The van der Waals surface area contributed by atoms with E-state index in [1.54, 1.807) is 12.1 Å². The number of benzene rings is 1. The molecule has 0 heterocycles. The summed E-state index contributed by atoms with van der Waals surface area (Å²) in [5, 5.41) is 3.50. The van der Waals surface area contributed by atoms with Gasteiger partial charge in [0.2, 0.25) is 0 Å². The molecule has 0 aliphatic rings. The molecule has 0 bridgehead atoms. The Morgan fingerprint density at radius 3 is 2.79 bits per heavy atom. The van der Waals surface area contributed by atoms with Gasteiger partial charge >= 0.3 is 0 Å². The minimum Gasteiger partial charge on any atom is -0.484 e. The van der Waals surface area contributed by atoms with Crippen LogP contribution in [-0.4, -0.2) is 39.7 Å². The Labute approximate surface area is 119 Å². The van der Waals surface area contributed by atoms with Gasteiger partial charge in [-0.3, -0.25) is 4.79 Å². The van der Waals surface area contributed by atoms with Crippen LogP contribution in [0.2, 0.25) is 5.02 Å². The molecule has 0 aromatic heterocycles. The van der Waals surface area contributed by atoms with E-state index >= 15 is 0 Å². The van der Waals surface area contributed by atoms with Gasteiger partial charge < -0.3 is 15.0 Å². The average Bonchev–Trinajstić information content (AvgIpc) is 2.33. The molecule has 2 N–H and O–H groups in total. The summed E-state index contributed by atoms with van der Waals surface area (Å²) in [6.07, 6.45) is 0.966. The third-order valence-electron chi connectivity index (χ3n) is 2.67. The van der Waals surface area contributed by atoms with Crippen molar-refractivity contribution < 1.29 is 14.4 Å². The van der Waals surface area contributed by atoms with Crippen LogP contribution < -0.4 is 15.0 Å². The topological polar surface area (TPSA) is 42.8 Å². The molecule has 4 nitrogen and oxygen atoms in total. The number of rotatable bonds is 7.